The van der Waals surface area contributed by atoms with Gasteiger partial charge in [-0.2, -0.15) is 13.2 Å². The summed E-state index contributed by atoms with van der Waals surface area (Å²) in [5, 5.41) is 9.54. The molecule has 2 aromatic carbocycles. The number of aryl methyl sites for hydroxylation is 1. The minimum Gasteiger partial charge on any atom is -0.478 e. The molecule has 1 N–H and O–H groups in total. The molecule has 0 bridgehead atoms. The molecule has 0 amide bonds. The van der Waals surface area contributed by atoms with E-state index in [1.54, 1.807) is 19.1 Å². The maximum Gasteiger partial charge on any atom is 0.430 e. The first-order valence-corrected chi connectivity index (χ1v) is 8.27. The van der Waals surface area contributed by atoms with Gasteiger partial charge >= 0.3 is 12.1 Å². The van der Waals surface area contributed by atoms with Crippen molar-refractivity contribution in [3.63, 3.8) is 0 Å². The van der Waals surface area contributed by atoms with E-state index in [9.17, 15) is 18.0 Å². The van der Waals surface area contributed by atoms with E-state index < -0.39 is 23.8 Å². The second kappa shape index (κ2) is 6.98. The molecule has 27 heavy (non-hydrogen) atoms. The smallest absolute Gasteiger partial charge is 0.430 e. The van der Waals surface area contributed by atoms with Crippen molar-refractivity contribution in [3.8, 4) is 17.2 Å². The van der Waals surface area contributed by atoms with Gasteiger partial charge in [0, 0.05) is 16.7 Å². The fourth-order valence-electron chi connectivity index (χ4n) is 2.50. The second-order valence-electron chi connectivity index (χ2n) is 5.78. The molecule has 1 aliphatic rings. The number of hydrogen-bond acceptors (Lipinski definition) is 3. The van der Waals surface area contributed by atoms with E-state index in [1.165, 1.54) is 18.2 Å². The molecule has 142 valence electrons. The summed E-state index contributed by atoms with van der Waals surface area (Å²) in [5.41, 5.74) is -0.0891. The number of halogens is 5. The molecular weight excluding hydrogens is 408 g/mol. The monoisotopic (exact) mass is 418 g/mol. The average Bonchev–Trinajstić information content (AvgIpc) is 2.56. The van der Waals surface area contributed by atoms with Gasteiger partial charge in [0.25, 0.3) is 0 Å². The largest absolute Gasteiger partial charge is 0.478 e. The van der Waals surface area contributed by atoms with Crippen LogP contribution >= 0.6 is 23.2 Å². The molecule has 1 unspecified atom stereocenters. The minimum absolute atomic E-state index is 0.0499. The molecular formula is C18H11Cl2F3O4. The molecule has 1 aliphatic heterocycles. The lowest BCUT2D eigenvalue weighted by Gasteiger charge is -2.27. The predicted molar refractivity (Wildman–Crippen MR) is 93.8 cm³/mol. The quantitative estimate of drug-likeness (QED) is 0.675. The highest BCUT2D eigenvalue weighted by Crippen LogP contribution is 2.43. The summed E-state index contributed by atoms with van der Waals surface area (Å²) in [4.78, 5) is 11.2. The van der Waals surface area contributed by atoms with Gasteiger partial charge < -0.3 is 14.6 Å². The van der Waals surface area contributed by atoms with E-state index in [0.29, 0.717) is 10.8 Å². The number of rotatable bonds is 3. The third kappa shape index (κ3) is 3.99. The fraction of sp³-hybridized carbons (Fsp3) is 0.167. The van der Waals surface area contributed by atoms with Crippen LogP contribution in [-0.2, 0) is 4.79 Å². The molecule has 2 aromatic rings. The lowest BCUT2D eigenvalue weighted by molar-refractivity contribution is -0.187. The normalized spacial score (nSPS) is 16.2. The first-order valence-electron chi connectivity index (χ1n) is 7.52. The topological polar surface area (TPSA) is 55.8 Å². The Bertz CT molecular complexity index is 954. The number of carbonyl (C=O) groups is 1. The number of carboxylic acid groups (broad SMARTS) is 1. The van der Waals surface area contributed by atoms with Gasteiger partial charge in [0.1, 0.15) is 17.2 Å². The molecule has 0 saturated carbocycles. The van der Waals surface area contributed by atoms with E-state index >= 15 is 0 Å². The zero-order valence-electron chi connectivity index (χ0n) is 13.6. The highest BCUT2D eigenvalue weighted by molar-refractivity contribution is 6.32. The standard InChI is InChI=1S/C18H11Cl2F3O4/c1-8-2-3-10(19)6-13(8)26-15-7-14-9(5-12(15)20)4-11(17(24)25)16(27-14)18(21,22)23/h2-7,16H,1H3,(H,24,25). The number of aliphatic carboxylic acids is 1. The Hall–Kier alpha value is -2.38. The second-order valence-corrected chi connectivity index (χ2v) is 6.62. The lowest BCUT2D eigenvalue weighted by atomic mass is 10.0. The van der Waals surface area contributed by atoms with Crippen molar-refractivity contribution in [2.24, 2.45) is 0 Å². The third-order valence-corrected chi connectivity index (χ3v) is 4.35. The van der Waals surface area contributed by atoms with Gasteiger partial charge in [0.15, 0.2) is 0 Å². The predicted octanol–water partition coefficient (Wildman–Crippen LogP) is 5.89. The molecule has 1 atom stereocenters. The average molecular weight is 419 g/mol. The highest BCUT2D eigenvalue weighted by atomic mass is 35.5. The van der Waals surface area contributed by atoms with Gasteiger partial charge in [-0.1, -0.05) is 29.3 Å². The van der Waals surface area contributed by atoms with Crippen molar-refractivity contribution in [3.05, 3.63) is 57.1 Å². The number of benzene rings is 2. The highest BCUT2D eigenvalue weighted by Gasteiger charge is 2.48. The van der Waals surface area contributed by atoms with Crippen LogP contribution in [0.1, 0.15) is 11.1 Å². The molecule has 0 saturated heterocycles. The fourth-order valence-corrected chi connectivity index (χ4v) is 2.87. The summed E-state index contributed by atoms with van der Waals surface area (Å²) < 4.78 is 50.1. The molecule has 0 aliphatic carbocycles. The summed E-state index contributed by atoms with van der Waals surface area (Å²) in [6, 6.07) is 7.37. The van der Waals surface area contributed by atoms with Gasteiger partial charge in [-0.25, -0.2) is 4.79 Å². The first kappa shape index (κ1) is 19.4. The molecule has 0 fully saturated rings. The minimum atomic E-state index is -4.90. The van der Waals surface area contributed by atoms with Gasteiger partial charge in [0.2, 0.25) is 6.10 Å². The van der Waals surface area contributed by atoms with E-state index in [-0.39, 0.29) is 22.1 Å². The molecule has 9 heteroatoms. The van der Waals surface area contributed by atoms with Crippen LogP contribution in [0, 0.1) is 6.92 Å². The van der Waals surface area contributed by atoms with Crippen LogP contribution in [0.15, 0.2) is 35.9 Å². The third-order valence-electron chi connectivity index (χ3n) is 3.82. The Kier molecular flexibility index (Phi) is 5.01. The van der Waals surface area contributed by atoms with Crippen LogP contribution in [-0.4, -0.2) is 23.4 Å². The van der Waals surface area contributed by atoms with E-state index in [4.69, 9.17) is 37.8 Å². The van der Waals surface area contributed by atoms with Gasteiger partial charge in [-0.15, -0.1) is 0 Å². The Morgan fingerprint density at radius 1 is 1.19 bits per heavy atom. The summed E-state index contributed by atoms with van der Waals surface area (Å²) >= 11 is 12.1. The van der Waals surface area contributed by atoms with E-state index in [0.717, 1.165) is 11.6 Å². The van der Waals surface area contributed by atoms with Crippen molar-refractivity contribution in [1.82, 2.24) is 0 Å². The number of carboxylic acids is 1. The maximum absolute atomic E-state index is 13.2. The van der Waals surface area contributed by atoms with Crippen LogP contribution < -0.4 is 9.47 Å². The SMILES string of the molecule is Cc1ccc(Cl)cc1Oc1cc2c(cc1Cl)C=C(C(=O)O)C(C(F)(F)F)O2. The molecule has 0 spiro atoms. The summed E-state index contributed by atoms with van der Waals surface area (Å²) in [6.07, 6.45) is -6.60. The van der Waals surface area contributed by atoms with Crippen molar-refractivity contribution >= 4 is 35.2 Å². The van der Waals surface area contributed by atoms with Gasteiger partial charge in [-0.3, -0.25) is 0 Å². The van der Waals surface area contributed by atoms with Crippen LogP contribution in [0.5, 0.6) is 17.2 Å². The Morgan fingerprint density at radius 3 is 2.52 bits per heavy atom. The van der Waals surface area contributed by atoms with Crippen LogP contribution in [0.4, 0.5) is 13.2 Å². The van der Waals surface area contributed by atoms with Crippen molar-refractivity contribution in [2.45, 2.75) is 19.2 Å². The zero-order valence-corrected chi connectivity index (χ0v) is 15.1. The Morgan fingerprint density at radius 2 is 1.89 bits per heavy atom. The number of alkyl halides is 3. The van der Waals surface area contributed by atoms with Crippen LogP contribution in [0.3, 0.4) is 0 Å². The summed E-state index contributed by atoms with van der Waals surface area (Å²) in [7, 11) is 0. The van der Waals surface area contributed by atoms with Crippen LogP contribution in [0.25, 0.3) is 6.08 Å². The zero-order chi connectivity index (χ0) is 19.9. The van der Waals surface area contributed by atoms with E-state index in [1.807, 2.05) is 0 Å². The number of hydrogen-bond donors (Lipinski definition) is 1. The molecule has 0 radical (unpaired) electrons. The molecule has 0 aromatic heterocycles. The maximum atomic E-state index is 13.2. The number of fused-ring (bicyclic) bond motifs is 1. The Balaban J connectivity index is 2.04. The van der Waals surface area contributed by atoms with Crippen molar-refractivity contribution in [2.75, 3.05) is 0 Å². The lowest BCUT2D eigenvalue weighted by Crippen LogP contribution is -2.40. The van der Waals surface area contributed by atoms with Crippen molar-refractivity contribution in [1.29, 1.82) is 0 Å². The van der Waals surface area contributed by atoms with Gasteiger partial charge in [-0.05, 0) is 36.8 Å². The summed E-state index contributed by atoms with van der Waals surface area (Å²) in [5.74, 6) is -1.50. The van der Waals surface area contributed by atoms with Crippen LogP contribution in [0.2, 0.25) is 10.0 Å². The molecule has 4 nitrogen and oxygen atoms in total. The first-order chi connectivity index (χ1) is 12.6. The van der Waals surface area contributed by atoms with Gasteiger partial charge in [0.05, 0.1) is 10.6 Å². The molecule has 1 heterocycles. The Labute approximate surface area is 161 Å². The molecule has 3 rings (SSSR count). The van der Waals surface area contributed by atoms with Crippen molar-refractivity contribution < 1.29 is 32.5 Å². The summed E-state index contributed by atoms with van der Waals surface area (Å²) in [6.45, 7) is 1.76. The van der Waals surface area contributed by atoms with E-state index in [2.05, 4.69) is 0 Å². The number of ether oxygens (including phenoxy) is 2.